The van der Waals surface area contributed by atoms with E-state index in [1.54, 1.807) is 0 Å². The van der Waals surface area contributed by atoms with E-state index in [-0.39, 0.29) is 23.1 Å². The summed E-state index contributed by atoms with van der Waals surface area (Å²) in [6.45, 7) is -0.0214. The molecule has 2 aromatic rings. The summed E-state index contributed by atoms with van der Waals surface area (Å²) in [7, 11) is 0. The second-order valence-electron chi connectivity index (χ2n) is 3.31. The molecule has 0 unspecified atom stereocenters. The summed E-state index contributed by atoms with van der Waals surface area (Å²) in [6, 6.07) is 1.12. The van der Waals surface area contributed by atoms with Crippen LogP contribution in [0.3, 0.4) is 0 Å². The lowest BCUT2D eigenvalue weighted by Gasteiger charge is -2.03. The Morgan fingerprint density at radius 1 is 1.53 bits per heavy atom. The molecule has 0 saturated heterocycles. The number of pyridine rings is 1. The fourth-order valence-electron chi connectivity index (χ4n) is 1.27. The van der Waals surface area contributed by atoms with E-state index in [1.807, 2.05) is 0 Å². The van der Waals surface area contributed by atoms with Crippen molar-refractivity contribution >= 4 is 23.2 Å². The van der Waals surface area contributed by atoms with Gasteiger partial charge in [-0.3, -0.25) is 14.9 Å². The summed E-state index contributed by atoms with van der Waals surface area (Å²) < 4.78 is 4.48. The van der Waals surface area contributed by atoms with Gasteiger partial charge in [0.15, 0.2) is 5.82 Å². The number of amides is 1. The number of hydrogen-bond acceptors (Lipinski definition) is 7. The van der Waals surface area contributed by atoms with Crippen molar-refractivity contribution in [1.82, 2.24) is 20.4 Å². The van der Waals surface area contributed by atoms with E-state index < -0.39 is 16.5 Å². The van der Waals surface area contributed by atoms with Gasteiger partial charge in [-0.15, -0.1) is 0 Å². The van der Waals surface area contributed by atoms with Crippen LogP contribution in [0.4, 0.5) is 5.69 Å². The lowest BCUT2D eigenvalue weighted by atomic mass is 10.2. The van der Waals surface area contributed by atoms with Gasteiger partial charge in [-0.1, -0.05) is 16.8 Å². The molecule has 98 valence electrons. The Kier molecular flexibility index (Phi) is 3.66. The predicted molar refractivity (Wildman–Crippen MR) is 61.4 cm³/mol. The van der Waals surface area contributed by atoms with E-state index in [9.17, 15) is 14.9 Å². The molecule has 0 radical (unpaired) electrons. The third kappa shape index (κ3) is 3.01. The zero-order valence-corrected chi connectivity index (χ0v) is 9.99. The topological polar surface area (TPSA) is 124 Å². The van der Waals surface area contributed by atoms with Crippen LogP contribution in [0.5, 0.6) is 0 Å². The van der Waals surface area contributed by atoms with Gasteiger partial charge in [0.25, 0.3) is 11.6 Å². The first kappa shape index (κ1) is 12.9. The van der Waals surface area contributed by atoms with Gasteiger partial charge in [0.05, 0.1) is 11.5 Å². The van der Waals surface area contributed by atoms with Gasteiger partial charge in [-0.25, -0.2) is 4.98 Å². The van der Waals surface area contributed by atoms with Gasteiger partial charge in [0.1, 0.15) is 16.9 Å². The molecule has 9 nitrogen and oxygen atoms in total. The highest BCUT2D eigenvalue weighted by Gasteiger charge is 2.21. The minimum absolute atomic E-state index is 0.0182. The summed E-state index contributed by atoms with van der Waals surface area (Å²) in [5.74, 6) is -0.433. The van der Waals surface area contributed by atoms with E-state index in [0.717, 1.165) is 18.7 Å². The van der Waals surface area contributed by atoms with E-state index in [0.29, 0.717) is 0 Å². The summed E-state index contributed by atoms with van der Waals surface area (Å²) in [6.07, 6.45) is 2.03. The number of hydrogen-bond donors (Lipinski definition) is 1. The van der Waals surface area contributed by atoms with Crippen molar-refractivity contribution in [3.63, 3.8) is 0 Å². The van der Waals surface area contributed by atoms with Gasteiger partial charge in [-0.05, 0) is 6.07 Å². The van der Waals surface area contributed by atoms with Crippen LogP contribution in [0.1, 0.15) is 16.2 Å². The molecular weight excluding hydrogens is 278 g/mol. The van der Waals surface area contributed by atoms with Gasteiger partial charge in [0, 0.05) is 0 Å². The number of carbonyl (C=O) groups is 1. The Morgan fingerprint density at radius 2 is 2.32 bits per heavy atom. The van der Waals surface area contributed by atoms with Crippen molar-refractivity contribution in [2.75, 3.05) is 0 Å². The molecular formula is C9H6ClN5O4. The molecule has 1 N–H and O–H groups in total. The molecule has 2 rings (SSSR count). The number of nitrogens with one attached hydrogen (secondary N) is 1. The quantitative estimate of drug-likeness (QED) is 0.503. The number of halogens is 1. The van der Waals surface area contributed by atoms with Crippen molar-refractivity contribution in [3.8, 4) is 0 Å². The van der Waals surface area contributed by atoms with Crippen LogP contribution in [0.2, 0.25) is 5.15 Å². The average molecular weight is 284 g/mol. The van der Waals surface area contributed by atoms with E-state index in [2.05, 4.69) is 25.0 Å². The molecule has 0 aliphatic rings. The van der Waals surface area contributed by atoms with Crippen LogP contribution in [-0.2, 0) is 6.54 Å². The van der Waals surface area contributed by atoms with Crippen LogP contribution < -0.4 is 5.32 Å². The number of aromatic nitrogens is 3. The molecule has 2 aromatic heterocycles. The summed E-state index contributed by atoms with van der Waals surface area (Å²) in [4.78, 5) is 29.1. The number of nitrogens with zero attached hydrogens (tertiary/aromatic N) is 4. The minimum atomic E-state index is -0.716. The molecule has 0 aliphatic heterocycles. The Bertz CT molecular complexity index is 615. The zero-order valence-electron chi connectivity index (χ0n) is 9.24. The predicted octanol–water partition coefficient (Wildman–Crippen LogP) is 0.956. The summed E-state index contributed by atoms with van der Waals surface area (Å²) in [5, 5.41) is 16.6. The highest BCUT2D eigenvalue weighted by molar-refractivity contribution is 6.29. The standard InChI is InChI=1S/C9H6ClN5O4/c10-7-1-5(6(2-11-7)15(17)18)9(16)12-3-8-13-4-19-14-8/h1-2,4H,3H2,(H,12,16). The van der Waals surface area contributed by atoms with Crippen LogP contribution in [0.15, 0.2) is 23.2 Å². The molecule has 1 amide bonds. The number of carbonyl (C=O) groups excluding carboxylic acids is 1. The molecule has 0 aromatic carbocycles. The minimum Gasteiger partial charge on any atom is -0.344 e. The lowest BCUT2D eigenvalue weighted by Crippen LogP contribution is -2.24. The third-order valence-corrected chi connectivity index (χ3v) is 2.31. The summed E-state index contributed by atoms with van der Waals surface area (Å²) >= 11 is 5.61. The molecule has 0 spiro atoms. The summed E-state index contributed by atoms with van der Waals surface area (Å²) in [5.41, 5.74) is -0.622. The van der Waals surface area contributed by atoms with Crippen LogP contribution in [0.25, 0.3) is 0 Å². The smallest absolute Gasteiger partial charge is 0.300 e. The largest absolute Gasteiger partial charge is 0.344 e. The van der Waals surface area contributed by atoms with Gasteiger partial charge in [0.2, 0.25) is 6.39 Å². The third-order valence-electron chi connectivity index (χ3n) is 2.10. The second-order valence-corrected chi connectivity index (χ2v) is 3.70. The van der Waals surface area contributed by atoms with E-state index in [4.69, 9.17) is 11.6 Å². The van der Waals surface area contributed by atoms with E-state index in [1.165, 1.54) is 0 Å². The highest BCUT2D eigenvalue weighted by Crippen LogP contribution is 2.20. The van der Waals surface area contributed by atoms with Crippen molar-refractivity contribution in [3.05, 3.63) is 45.3 Å². The first-order valence-electron chi connectivity index (χ1n) is 4.91. The Labute approximate surface area is 110 Å². The first-order valence-corrected chi connectivity index (χ1v) is 5.29. The normalized spacial score (nSPS) is 10.2. The second kappa shape index (κ2) is 5.40. The Hall–Kier alpha value is -2.55. The first-order chi connectivity index (χ1) is 9.08. The number of rotatable bonds is 4. The average Bonchev–Trinajstić information content (AvgIpc) is 2.88. The number of nitro groups is 1. The maximum atomic E-state index is 11.8. The molecule has 19 heavy (non-hydrogen) atoms. The molecule has 0 bridgehead atoms. The van der Waals surface area contributed by atoms with E-state index >= 15 is 0 Å². The van der Waals surface area contributed by atoms with Gasteiger partial charge < -0.3 is 9.84 Å². The van der Waals surface area contributed by atoms with Crippen molar-refractivity contribution in [2.45, 2.75) is 6.54 Å². The zero-order chi connectivity index (χ0) is 13.8. The van der Waals surface area contributed by atoms with Gasteiger partial charge in [-0.2, -0.15) is 4.98 Å². The molecule has 10 heteroatoms. The SMILES string of the molecule is O=C(NCc1ncon1)c1cc(Cl)ncc1[N+](=O)[O-]. The molecule has 0 aliphatic carbocycles. The van der Waals surface area contributed by atoms with Crippen LogP contribution in [0, 0.1) is 10.1 Å². The monoisotopic (exact) mass is 283 g/mol. The van der Waals surface area contributed by atoms with Gasteiger partial charge >= 0.3 is 0 Å². The Balaban J connectivity index is 2.18. The van der Waals surface area contributed by atoms with Crippen molar-refractivity contribution in [1.29, 1.82) is 0 Å². The maximum absolute atomic E-state index is 11.8. The lowest BCUT2D eigenvalue weighted by molar-refractivity contribution is -0.385. The molecule has 0 saturated carbocycles. The van der Waals surface area contributed by atoms with Crippen LogP contribution in [-0.4, -0.2) is 26.0 Å². The fraction of sp³-hybridized carbons (Fsp3) is 0.111. The molecule has 0 fully saturated rings. The fourth-order valence-corrected chi connectivity index (χ4v) is 1.43. The molecule has 0 atom stereocenters. The Morgan fingerprint density at radius 3 is 2.95 bits per heavy atom. The van der Waals surface area contributed by atoms with Crippen molar-refractivity contribution < 1.29 is 14.2 Å². The van der Waals surface area contributed by atoms with Crippen LogP contribution >= 0.6 is 11.6 Å². The highest BCUT2D eigenvalue weighted by atomic mass is 35.5. The van der Waals surface area contributed by atoms with Crippen molar-refractivity contribution in [2.24, 2.45) is 0 Å². The maximum Gasteiger partial charge on any atom is 0.300 e. The molecule has 2 heterocycles.